The first-order valence-corrected chi connectivity index (χ1v) is 9.40. The SMILES string of the molecule is CN1CCC(N(C)C(=O)c2ccnc(N3CCc4ccccc43)c2)CC1. The molecular formula is C21H26N4O. The van der Waals surface area contributed by atoms with Gasteiger partial charge in [0.05, 0.1) is 0 Å². The van der Waals surface area contributed by atoms with Crippen molar-refractivity contribution in [1.82, 2.24) is 14.8 Å². The maximum Gasteiger partial charge on any atom is 0.254 e. The van der Waals surface area contributed by atoms with Crippen molar-refractivity contribution in [3.8, 4) is 0 Å². The first-order valence-electron chi connectivity index (χ1n) is 9.40. The van der Waals surface area contributed by atoms with Gasteiger partial charge in [0.25, 0.3) is 5.91 Å². The zero-order valence-corrected chi connectivity index (χ0v) is 15.6. The highest BCUT2D eigenvalue weighted by atomic mass is 16.2. The molecule has 2 aliphatic heterocycles. The standard InChI is InChI=1S/C21H26N4O/c1-23-12-9-18(10-13-23)24(2)21(26)17-7-11-22-20(15-17)25-14-8-16-5-3-4-6-19(16)25/h3-7,11,15,18H,8-10,12-14H2,1-2H3. The number of benzene rings is 1. The second kappa shape index (κ2) is 7.08. The Morgan fingerprint density at radius 2 is 1.92 bits per heavy atom. The Balaban J connectivity index is 1.54. The molecule has 1 fully saturated rings. The van der Waals surface area contributed by atoms with Crippen LogP contribution >= 0.6 is 0 Å². The minimum absolute atomic E-state index is 0.0932. The molecule has 0 spiro atoms. The minimum atomic E-state index is 0.0932. The Morgan fingerprint density at radius 3 is 2.73 bits per heavy atom. The number of nitrogens with zero attached hydrogens (tertiary/aromatic N) is 4. The van der Waals surface area contributed by atoms with Gasteiger partial charge in [-0.1, -0.05) is 18.2 Å². The van der Waals surface area contributed by atoms with Crippen LogP contribution in [0.2, 0.25) is 0 Å². The van der Waals surface area contributed by atoms with Gasteiger partial charge in [-0.25, -0.2) is 4.98 Å². The van der Waals surface area contributed by atoms with E-state index in [9.17, 15) is 4.79 Å². The third-order valence-electron chi connectivity index (χ3n) is 5.71. The maximum atomic E-state index is 13.0. The predicted octanol–water partition coefficient (Wildman–Crippen LogP) is 2.94. The van der Waals surface area contributed by atoms with E-state index in [4.69, 9.17) is 0 Å². The number of aromatic nitrogens is 1. The number of carbonyl (C=O) groups is 1. The zero-order chi connectivity index (χ0) is 18.1. The van der Waals surface area contributed by atoms with Crippen LogP contribution in [-0.2, 0) is 6.42 Å². The molecule has 0 unspecified atom stereocenters. The van der Waals surface area contributed by atoms with Crippen LogP contribution in [-0.4, -0.2) is 60.5 Å². The summed E-state index contributed by atoms with van der Waals surface area (Å²) in [6, 6.07) is 12.5. The topological polar surface area (TPSA) is 39.7 Å². The van der Waals surface area contributed by atoms with Crippen molar-refractivity contribution < 1.29 is 4.79 Å². The summed E-state index contributed by atoms with van der Waals surface area (Å²) in [6.07, 6.45) is 4.85. The van der Waals surface area contributed by atoms with Gasteiger partial charge in [-0.05, 0) is 63.2 Å². The van der Waals surface area contributed by atoms with E-state index < -0.39 is 0 Å². The van der Waals surface area contributed by atoms with Crippen molar-refractivity contribution in [3.05, 3.63) is 53.7 Å². The highest BCUT2D eigenvalue weighted by molar-refractivity contribution is 5.95. The number of anilines is 2. The molecule has 0 aliphatic carbocycles. The lowest BCUT2D eigenvalue weighted by atomic mass is 10.0. The van der Waals surface area contributed by atoms with Gasteiger partial charge >= 0.3 is 0 Å². The van der Waals surface area contributed by atoms with E-state index in [0.717, 1.165) is 50.3 Å². The lowest BCUT2D eigenvalue weighted by molar-refractivity contribution is 0.0659. The molecule has 0 saturated carbocycles. The number of likely N-dealkylation sites (tertiary alicyclic amines) is 1. The van der Waals surface area contributed by atoms with Gasteiger partial charge in [0, 0.05) is 37.1 Å². The number of carbonyl (C=O) groups excluding carboxylic acids is 1. The van der Waals surface area contributed by atoms with Crippen LogP contribution in [0.5, 0.6) is 0 Å². The quantitative estimate of drug-likeness (QED) is 0.853. The number of hydrogen-bond donors (Lipinski definition) is 0. The number of hydrogen-bond acceptors (Lipinski definition) is 4. The Labute approximate surface area is 155 Å². The van der Waals surface area contributed by atoms with E-state index in [1.807, 2.05) is 24.1 Å². The molecule has 2 aliphatic rings. The van der Waals surface area contributed by atoms with Crippen LogP contribution in [0.1, 0.15) is 28.8 Å². The van der Waals surface area contributed by atoms with Crippen molar-refractivity contribution in [2.24, 2.45) is 0 Å². The van der Waals surface area contributed by atoms with Gasteiger partial charge < -0.3 is 14.7 Å². The number of rotatable bonds is 3. The van der Waals surface area contributed by atoms with Gasteiger partial charge in [0.15, 0.2) is 0 Å². The highest BCUT2D eigenvalue weighted by Gasteiger charge is 2.26. The molecule has 1 saturated heterocycles. The summed E-state index contributed by atoms with van der Waals surface area (Å²) in [5, 5.41) is 0. The lowest BCUT2D eigenvalue weighted by Gasteiger charge is -2.35. The van der Waals surface area contributed by atoms with Gasteiger partial charge in [-0.15, -0.1) is 0 Å². The van der Waals surface area contributed by atoms with E-state index in [1.54, 1.807) is 6.20 Å². The number of piperidine rings is 1. The van der Waals surface area contributed by atoms with Gasteiger partial charge in [0.1, 0.15) is 5.82 Å². The van der Waals surface area contributed by atoms with Crippen LogP contribution in [0.3, 0.4) is 0 Å². The molecule has 26 heavy (non-hydrogen) atoms. The molecule has 3 heterocycles. The summed E-state index contributed by atoms with van der Waals surface area (Å²) >= 11 is 0. The van der Waals surface area contributed by atoms with E-state index >= 15 is 0 Å². The summed E-state index contributed by atoms with van der Waals surface area (Å²) < 4.78 is 0. The molecule has 2 aromatic rings. The summed E-state index contributed by atoms with van der Waals surface area (Å²) in [5.74, 6) is 0.952. The second-order valence-corrected chi connectivity index (χ2v) is 7.38. The van der Waals surface area contributed by atoms with Crippen LogP contribution in [0.4, 0.5) is 11.5 Å². The van der Waals surface area contributed by atoms with Gasteiger partial charge in [0.2, 0.25) is 0 Å². The van der Waals surface area contributed by atoms with Crippen LogP contribution < -0.4 is 4.90 Å². The minimum Gasteiger partial charge on any atom is -0.339 e. The Hall–Kier alpha value is -2.40. The number of para-hydroxylation sites is 1. The second-order valence-electron chi connectivity index (χ2n) is 7.38. The van der Waals surface area contributed by atoms with Crippen LogP contribution in [0, 0.1) is 0 Å². The summed E-state index contributed by atoms with van der Waals surface area (Å²) in [7, 11) is 4.07. The molecule has 1 aromatic carbocycles. The number of fused-ring (bicyclic) bond motifs is 1. The monoisotopic (exact) mass is 350 g/mol. The zero-order valence-electron chi connectivity index (χ0n) is 15.6. The maximum absolute atomic E-state index is 13.0. The normalized spacial score (nSPS) is 18.0. The largest absolute Gasteiger partial charge is 0.339 e. The average molecular weight is 350 g/mol. The van der Waals surface area contributed by atoms with Crippen molar-refractivity contribution in [1.29, 1.82) is 0 Å². The Bertz CT molecular complexity index is 798. The van der Waals surface area contributed by atoms with Gasteiger partial charge in [-0.3, -0.25) is 4.79 Å². The fourth-order valence-electron chi connectivity index (χ4n) is 4.03. The first-order chi connectivity index (χ1) is 12.6. The molecule has 0 atom stereocenters. The summed E-state index contributed by atoms with van der Waals surface area (Å²) in [5.41, 5.74) is 3.27. The Kier molecular flexibility index (Phi) is 4.64. The summed E-state index contributed by atoms with van der Waals surface area (Å²) in [4.78, 5) is 24.0. The third-order valence-corrected chi connectivity index (χ3v) is 5.71. The van der Waals surface area contributed by atoms with E-state index in [1.165, 1.54) is 11.3 Å². The van der Waals surface area contributed by atoms with Crippen molar-refractivity contribution in [2.75, 3.05) is 38.6 Å². The molecular weight excluding hydrogens is 324 g/mol. The fraction of sp³-hybridized carbons (Fsp3) is 0.429. The van der Waals surface area contributed by atoms with Crippen LogP contribution in [0.25, 0.3) is 0 Å². The Morgan fingerprint density at radius 1 is 1.15 bits per heavy atom. The highest BCUT2D eigenvalue weighted by Crippen LogP contribution is 2.33. The van der Waals surface area contributed by atoms with Crippen LogP contribution in [0.15, 0.2) is 42.6 Å². The first kappa shape index (κ1) is 17.0. The van der Waals surface area contributed by atoms with Crippen molar-refractivity contribution >= 4 is 17.4 Å². The molecule has 5 heteroatoms. The van der Waals surface area contributed by atoms with Crippen molar-refractivity contribution in [3.63, 3.8) is 0 Å². The molecule has 1 aromatic heterocycles. The average Bonchev–Trinajstić information content (AvgIpc) is 3.12. The smallest absolute Gasteiger partial charge is 0.254 e. The number of amides is 1. The molecule has 0 bridgehead atoms. The predicted molar refractivity (Wildman–Crippen MR) is 104 cm³/mol. The molecule has 5 nitrogen and oxygen atoms in total. The van der Waals surface area contributed by atoms with E-state index in [0.29, 0.717) is 6.04 Å². The molecule has 1 amide bonds. The molecule has 0 radical (unpaired) electrons. The van der Waals surface area contributed by atoms with Crippen molar-refractivity contribution in [2.45, 2.75) is 25.3 Å². The fourth-order valence-corrected chi connectivity index (χ4v) is 4.03. The number of pyridine rings is 1. The third kappa shape index (κ3) is 3.19. The lowest BCUT2D eigenvalue weighted by Crippen LogP contribution is -2.44. The van der Waals surface area contributed by atoms with E-state index in [2.05, 4.69) is 46.1 Å². The molecule has 136 valence electrons. The molecule has 0 N–H and O–H groups in total. The van der Waals surface area contributed by atoms with Gasteiger partial charge in [-0.2, -0.15) is 0 Å². The summed E-state index contributed by atoms with van der Waals surface area (Å²) in [6.45, 7) is 3.01. The van der Waals surface area contributed by atoms with E-state index in [-0.39, 0.29) is 5.91 Å². The molecule has 4 rings (SSSR count).